The number of benzene rings is 3. The number of ether oxygens (including phenoxy) is 3. The molecule has 1 amide bonds. The zero-order valence-electron chi connectivity index (χ0n) is 17.1. The van der Waals surface area contributed by atoms with Crippen LogP contribution in [0.3, 0.4) is 0 Å². The van der Waals surface area contributed by atoms with E-state index in [1.807, 2.05) is 48.5 Å². The van der Waals surface area contributed by atoms with Crippen molar-refractivity contribution in [1.82, 2.24) is 4.90 Å². The van der Waals surface area contributed by atoms with Crippen LogP contribution in [0.4, 0.5) is 0 Å². The second-order valence-corrected chi connectivity index (χ2v) is 6.68. The van der Waals surface area contributed by atoms with Crippen LogP contribution in [0.25, 0.3) is 16.8 Å². The molecule has 0 bridgehead atoms. The lowest BCUT2D eigenvalue weighted by atomic mass is 10.1. The van der Waals surface area contributed by atoms with Gasteiger partial charge in [-0.25, -0.2) is 0 Å². The number of fused-ring (bicyclic) bond motifs is 1. The summed E-state index contributed by atoms with van der Waals surface area (Å²) in [6, 6.07) is 17.6. The fourth-order valence-electron chi connectivity index (χ4n) is 3.11. The molecule has 0 aliphatic rings. The minimum absolute atomic E-state index is 0.0929. The first-order valence-corrected chi connectivity index (χ1v) is 9.26. The van der Waals surface area contributed by atoms with Crippen LogP contribution in [-0.4, -0.2) is 39.2 Å². The second kappa shape index (κ2) is 9.15. The van der Waals surface area contributed by atoms with E-state index in [2.05, 4.69) is 6.07 Å². The molecule has 3 aromatic carbocycles. The molecule has 0 aliphatic carbocycles. The molecule has 5 heteroatoms. The van der Waals surface area contributed by atoms with Crippen LogP contribution in [0.2, 0.25) is 0 Å². The summed E-state index contributed by atoms with van der Waals surface area (Å²) in [5.41, 5.74) is 1.85. The molecule has 0 heterocycles. The summed E-state index contributed by atoms with van der Waals surface area (Å²) in [6.07, 6.45) is 3.29. The molecule has 0 fully saturated rings. The van der Waals surface area contributed by atoms with Gasteiger partial charge in [-0.2, -0.15) is 0 Å². The first kappa shape index (κ1) is 20.3. The van der Waals surface area contributed by atoms with Gasteiger partial charge >= 0.3 is 0 Å². The molecule has 0 aromatic heterocycles. The summed E-state index contributed by atoms with van der Waals surface area (Å²) in [6.45, 7) is 0.514. The van der Waals surface area contributed by atoms with Gasteiger partial charge in [-0.15, -0.1) is 0 Å². The van der Waals surface area contributed by atoms with E-state index in [1.165, 1.54) is 0 Å². The van der Waals surface area contributed by atoms with Gasteiger partial charge in [0.05, 0.1) is 21.3 Å². The van der Waals surface area contributed by atoms with Crippen molar-refractivity contribution >= 4 is 22.8 Å². The average Bonchev–Trinajstić information content (AvgIpc) is 2.76. The summed E-state index contributed by atoms with van der Waals surface area (Å²) < 4.78 is 15.9. The topological polar surface area (TPSA) is 48.0 Å². The molecule has 0 unspecified atom stereocenters. The van der Waals surface area contributed by atoms with Gasteiger partial charge < -0.3 is 19.1 Å². The quantitative estimate of drug-likeness (QED) is 0.555. The number of nitrogens with zero attached hydrogens (tertiary/aromatic N) is 1. The number of hydrogen-bond acceptors (Lipinski definition) is 4. The molecular weight excluding hydrogens is 366 g/mol. The van der Waals surface area contributed by atoms with Gasteiger partial charge in [0.25, 0.3) is 0 Å². The molecule has 3 aromatic rings. The normalized spacial score (nSPS) is 10.9. The van der Waals surface area contributed by atoms with E-state index in [1.54, 1.807) is 45.4 Å². The van der Waals surface area contributed by atoms with Crippen molar-refractivity contribution in [2.45, 2.75) is 6.54 Å². The van der Waals surface area contributed by atoms with Crippen molar-refractivity contribution in [3.05, 3.63) is 71.8 Å². The van der Waals surface area contributed by atoms with Crippen molar-refractivity contribution in [3.63, 3.8) is 0 Å². The highest BCUT2D eigenvalue weighted by molar-refractivity contribution is 5.92. The monoisotopic (exact) mass is 391 g/mol. The van der Waals surface area contributed by atoms with Crippen LogP contribution in [-0.2, 0) is 11.3 Å². The standard InChI is InChI=1S/C24H25NO4/c1-25(16-17-5-6-19-14-21(27-2)9-7-18(19)13-17)24(26)12-8-20-15-22(28-3)10-11-23(20)29-4/h5-15H,16H2,1-4H3/b12-8+. The molecule has 0 saturated carbocycles. The third kappa shape index (κ3) is 4.88. The van der Waals surface area contributed by atoms with E-state index < -0.39 is 0 Å². The number of carbonyl (C=O) groups excluding carboxylic acids is 1. The van der Waals surface area contributed by atoms with E-state index in [-0.39, 0.29) is 5.91 Å². The fourth-order valence-corrected chi connectivity index (χ4v) is 3.11. The molecule has 0 spiro atoms. The molecule has 0 saturated heterocycles. The van der Waals surface area contributed by atoms with E-state index in [0.29, 0.717) is 18.0 Å². The maximum atomic E-state index is 12.6. The van der Waals surface area contributed by atoms with Crippen LogP contribution in [0.15, 0.2) is 60.7 Å². The highest BCUT2D eigenvalue weighted by Crippen LogP contribution is 2.25. The predicted octanol–water partition coefficient (Wildman–Crippen LogP) is 4.54. The van der Waals surface area contributed by atoms with Crippen LogP contribution in [0.1, 0.15) is 11.1 Å². The molecule has 5 nitrogen and oxygen atoms in total. The molecule has 0 atom stereocenters. The first-order valence-electron chi connectivity index (χ1n) is 9.26. The Hall–Kier alpha value is -3.47. The largest absolute Gasteiger partial charge is 0.497 e. The van der Waals surface area contributed by atoms with Crippen LogP contribution >= 0.6 is 0 Å². The summed E-state index contributed by atoms with van der Waals surface area (Å²) in [7, 11) is 6.65. The Bertz CT molecular complexity index is 1040. The number of hydrogen-bond donors (Lipinski definition) is 0. The zero-order chi connectivity index (χ0) is 20.8. The van der Waals surface area contributed by atoms with Crippen molar-refractivity contribution in [3.8, 4) is 17.2 Å². The van der Waals surface area contributed by atoms with E-state index in [0.717, 1.165) is 27.6 Å². The molecule has 0 N–H and O–H groups in total. The third-order valence-corrected chi connectivity index (χ3v) is 4.75. The highest BCUT2D eigenvalue weighted by Gasteiger charge is 2.08. The first-order chi connectivity index (χ1) is 14.0. The number of amides is 1. The average molecular weight is 391 g/mol. The summed E-state index contributed by atoms with van der Waals surface area (Å²) in [5.74, 6) is 2.13. The molecule has 0 radical (unpaired) electrons. The van der Waals surface area contributed by atoms with Crippen molar-refractivity contribution in [1.29, 1.82) is 0 Å². The molecule has 3 rings (SSSR count). The van der Waals surface area contributed by atoms with Crippen molar-refractivity contribution in [2.24, 2.45) is 0 Å². The zero-order valence-corrected chi connectivity index (χ0v) is 17.1. The van der Waals surface area contributed by atoms with E-state index >= 15 is 0 Å². The van der Waals surface area contributed by atoms with Crippen LogP contribution in [0, 0.1) is 0 Å². The third-order valence-electron chi connectivity index (χ3n) is 4.75. The minimum Gasteiger partial charge on any atom is -0.497 e. The summed E-state index contributed by atoms with van der Waals surface area (Å²) in [4.78, 5) is 14.2. The molecule has 0 aliphatic heterocycles. The molecular formula is C24H25NO4. The number of carbonyl (C=O) groups is 1. The van der Waals surface area contributed by atoms with Gasteiger partial charge in [0.1, 0.15) is 17.2 Å². The van der Waals surface area contributed by atoms with Gasteiger partial charge in [0, 0.05) is 25.2 Å². The second-order valence-electron chi connectivity index (χ2n) is 6.68. The smallest absolute Gasteiger partial charge is 0.246 e. The van der Waals surface area contributed by atoms with Gasteiger partial charge in [-0.05, 0) is 58.8 Å². The Morgan fingerprint density at radius 2 is 1.52 bits per heavy atom. The predicted molar refractivity (Wildman–Crippen MR) is 116 cm³/mol. The van der Waals surface area contributed by atoms with Gasteiger partial charge in [0.15, 0.2) is 0 Å². The number of rotatable bonds is 7. The van der Waals surface area contributed by atoms with Crippen LogP contribution < -0.4 is 14.2 Å². The van der Waals surface area contributed by atoms with E-state index in [4.69, 9.17) is 14.2 Å². The SMILES string of the molecule is COc1ccc(OC)c(/C=C/C(=O)N(C)Cc2ccc3cc(OC)ccc3c2)c1. The van der Waals surface area contributed by atoms with Gasteiger partial charge in [0.2, 0.25) is 5.91 Å². The van der Waals surface area contributed by atoms with Crippen molar-refractivity contribution < 1.29 is 19.0 Å². The maximum Gasteiger partial charge on any atom is 0.246 e. The highest BCUT2D eigenvalue weighted by atomic mass is 16.5. The Labute approximate surface area is 171 Å². The summed E-state index contributed by atoms with van der Waals surface area (Å²) >= 11 is 0. The minimum atomic E-state index is -0.0929. The maximum absolute atomic E-state index is 12.6. The van der Waals surface area contributed by atoms with Crippen LogP contribution in [0.5, 0.6) is 17.2 Å². The Morgan fingerprint density at radius 3 is 2.24 bits per heavy atom. The Balaban J connectivity index is 1.72. The number of methoxy groups -OCH3 is 3. The number of likely N-dealkylation sites (N-methyl/N-ethyl adjacent to an activating group) is 1. The lowest BCUT2D eigenvalue weighted by molar-refractivity contribution is -0.125. The van der Waals surface area contributed by atoms with Crippen molar-refractivity contribution in [2.75, 3.05) is 28.4 Å². The molecule has 150 valence electrons. The van der Waals surface area contributed by atoms with Gasteiger partial charge in [-0.1, -0.05) is 18.2 Å². The Morgan fingerprint density at radius 1 is 0.862 bits per heavy atom. The van der Waals surface area contributed by atoms with Gasteiger partial charge in [-0.3, -0.25) is 4.79 Å². The Kier molecular flexibility index (Phi) is 6.39. The lowest BCUT2D eigenvalue weighted by Crippen LogP contribution is -2.24. The summed E-state index contributed by atoms with van der Waals surface area (Å²) in [5, 5.41) is 2.22. The molecule has 29 heavy (non-hydrogen) atoms. The van der Waals surface area contributed by atoms with E-state index in [9.17, 15) is 4.79 Å². The lowest BCUT2D eigenvalue weighted by Gasteiger charge is -2.16. The fraction of sp³-hybridized carbons (Fsp3) is 0.208.